The van der Waals surface area contributed by atoms with Crippen LogP contribution in [-0.4, -0.2) is 13.1 Å². The monoisotopic (exact) mass is 225 g/mol. The van der Waals surface area contributed by atoms with Crippen molar-refractivity contribution in [3.8, 4) is 0 Å². The third-order valence-electron chi connectivity index (χ3n) is 2.52. The van der Waals surface area contributed by atoms with Crippen molar-refractivity contribution in [2.75, 3.05) is 13.1 Å². The quantitative estimate of drug-likeness (QED) is 0.774. The van der Waals surface area contributed by atoms with E-state index in [2.05, 4.69) is 11.4 Å². The molecule has 3 heteroatoms. The Kier molecular flexibility index (Phi) is 3.39. The van der Waals surface area contributed by atoms with Gasteiger partial charge in [0.1, 0.15) is 5.82 Å². The van der Waals surface area contributed by atoms with Crippen LogP contribution in [0.3, 0.4) is 0 Å². The van der Waals surface area contributed by atoms with E-state index >= 15 is 0 Å². The van der Waals surface area contributed by atoms with Gasteiger partial charge in [-0.3, -0.25) is 0 Å². The Morgan fingerprint density at radius 1 is 1.40 bits per heavy atom. The van der Waals surface area contributed by atoms with Gasteiger partial charge in [0.15, 0.2) is 0 Å². The lowest BCUT2D eigenvalue weighted by atomic mass is 10.0. The number of halogens is 2. The molecule has 0 aliphatic carbocycles. The number of rotatable bonds is 1. The summed E-state index contributed by atoms with van der Waals surface area (Å²) in [4.78, 5) is 0. The zero-order chi connectivity index (χ0) is 10.7. The molecule has 1 aromatic carbocycles. The average Bonchev–Trinajstić information content (AvgIpc) is 2.25. The van der Waals surface area contributed by atoms with Gasteiger partial charge in [-0.15, -0.1) is 0 Å². The first-order chi connectivity index (χ1) is 7.25. The van der Waals surface area contributed by atoms with Gasteiger partial charge in [-0.05, 0) is 37.1 Å². The smallest absolute Gasteiger partial charge is 0.141 e. The Balaban J connectivity index is 2.18. The Bertz CT molecular complexity index is 379. The molecule has 2 rings (SSSR count). The summed E-state index contributed by atoms with van der Waals surface area (Å²) in [6.45, 7) is 2.01. The molecule has 0 unspecified atom stereocenters. The van der Waals surface area contributed by atoms with Crippen LogP contribution in [0.4, 0.5) is 4.39 Å². The Morgan fingerprint density at radius 3 is 2.93 bits per heavy atom. The maximum Gasteiger partial charge on any atom is 0.141 e. The van der Waals surface area contributed by atoms with E-state index in [-0.39, 0.29) is 10.8 Å². The van der Waals surface area contributed by atoms with E-state index in [0.29, 0.717) is 0 Å². The maximum absolute atomic E-state index is 12.9. The van der Waals surface area contributed by atoms with E-state index in [1.54, 1.807) is 12.1 Å². The molecule has 0 amide bonds. The van der Waals surface area contributed by atoms with Crippen molar-refractivity contribution in [1.82, 2.24) is 5.32 Å². The molecule has 0 spiro atoms. The number of benzene rings is 1. The van der Waals surface area contributed by atoms with Gasteiger partial charge in [0, 0.05) is 6.54 Å². The summed E-state index contributed by atoms with van der Waals surface area (Å²) in [5, 5.41) is 3.49. The number of hydrogen-bond acceptors (Lipinski definition) is 1. The molecule has 1 nitrogen and oxygen atoms in total. The van der Waals surface area contributed by atoms with Crippen molar-refractivity contribution < 1.29 is 4.39 Å². The molecular formula is C12H13ClFN. The van der Waals surface area contributed by atoms with Crippen molar-refractivity contribution >= 4 is 17.7 Å². The summed E-state index contributed by atoms with van der Waals surface area (Å²) in [7, 11) is 0. The summed E-state index contributed by atoms with van der Waals surface area (Å²) in [5.74, 6) is -0.361. The number of piperidine rings is 1. The number of nitrogens with one attached hydrogen (secondary N) is 1. The molecule has 0 bridgehead atoms. The maximum atomic E-state index is 12.9. The van der Waals surface area contributed by atoms with E-state index in [1.165, 1.54) is 18.1 Å². The lowest BCUT2D eigenvalue weighted by Gasteiger charge is -2.15. The first kappa shape index (κ1) is 10.7. The van der Waals surface area contributed by atoms with Gasteiger partial charge in [-0.2, -0.15) is 0 Å². The molecule has 1 fully saturated rings. The van der Waals surface area contributed by atoms with E-state index in [0.717, 1.165) is 25.1 Å². The minimum Gasteiger partial charge on any atom is -0.313 e. The van der Waals surface area contributed by atoms with Crippen molar-refractivity contribution in [2.45, 2.75) is 12.8 Å². The highest BCUT2D eigenvalue weighted by Gasteiger charge is 2.05. The minimum absolute atomic E-state index is 0.188. The van der Waals surface area contributed by atoms with Crippen LogP contribution in [0.25, 0.3) is 6.08 Å². The standard InChI is InChI=1S/C12H13ClFN/c13-11-7-9(3-4-12(11)14)6-10-2-1-5-15-8-10/h3-4,6-7,15H,1-2,5,8H2/b10-6-. The van der Waals surface area contributed by atoms with E-state index < -0.39 is 0 Å². The summed E-state index contributed by atoms with van der Waals surface area (Å²) in [6.07, 6.45) is 4.36. The first-order valence-corrected chi connectivity index (χ1v) is 5.49. The molecule has 0 radical (unpaired) electrons. The predicted molar refractivity (Wildman–Crippen MR) is 61.5 cm³/mol. The molecule has 1 heterocycles. The Hall–Kier alpha value is -0.860. The van der Waals surface area contributed by atoms with Crippen LogP contribution < -0.4 is 5.32 Å². The average molecular weight is 226 g/mol. The van der Waals surface area contributed by atoms with Crippen LogP contribution >= 0.6 is 11.6 Å². The zero-order valence-electron chi connectivity index (χ0n) is 8.39. The fourth-order valence-electron chi connectivity index (χ4n) is 1.74. The van der Waals surface area contributed by atoms with Crippen LogP contribution in [0.1, 0.15) is 18.4 Å². The third kappa shape index (κ3) is 2.80. The number of hydrogen-bond donors (Lipinski definition) is 1. The second kappa shape index (κ2) is 4.77. The van der Waals surface area contributed by atoms with Crippen molar-refractivity contribution in [3.05, 3.63) is 40.2 Å². The molecule has 80 valence electrons. The molecule has 1 aromatic rings. The molecule has 1 N–H and O–H groups in total. The second-order valence-electron chi connectivity index (χ2n) is 3.76. The van der Waals surface area contributed by atoms with Crippen LogP contribution in [0.2, 0.25) is 5.02 Å². The van der Waals surface area contributed by atoms with Gasteiger partial charge < -0.3 is 5.32 Å². The second-order valence-corrected chi connectivity index (χ2v) is 4.16. The van der Waals surface area contributed by atoms with Gasteiger partial charge in [-0.25, -0.2) is 4.39 Å². The van der Waals surface area contributed by atoms with Gasteiger partial charge in [0.05, 0.1) is 5.02 Å². The van der Waals surface area contributed by atoms with Crippen LogP contribution in [0, 0.1) is 5.82 Å². The Morgan fingerprint density at radius 2 is 2.27 bits per heavy atom. The van der Waals surface area contributed by atoms with Gasteiger partial charge in [0.25, 0.3) is 0 Å². The molecule has 15 heavy (non-hydrogen) atoms. The highest BCUT2D eigenvalue weighted by molar-refractivity contribution is 6.30. The third-order valence-corrected chi connectivity index (χ3v) is 2.81. The summed E-state index contributed by atoms with van der Waals surface area (Å²) in [5.41, 5.74) is 2.32. The SMILES string of the molecule is Fc1ccc(/C=C2/CCCNC2)cc1Cl. The van der Waals surface area contributed by atoms with Crippen LogP contribution in [0.5, 0.6) is 0 Å². The lowest BCUT2D eigenvalue weighted by molar-refractivity contribution is 0.613. The summed E-state index contributed by atoms with van der Waals surface area (Å²) in [6, 6.07) is 4.83. The molecule has 0 atom stereocenters. The molecular weight excluding hydrogens is 213 g/mol. The zero-order valence-corrected chi connectivity index (χ0v) is 9.15. The van der Waals surface area contributed by atoms with Crippen molar-refractivity contribution in [2.24, 2.45) is 0 Å². The molecule has 0 saturated carbocycles. The van der Waals surface area contributed by atoms with E-state index in [9.17, 15) is 4.39 Å². The topological polar surface area (TPSA) is 12.0 Å². The molecule has 0 aromatic heterocycles. The highest BCUT2D eigenvalue weighted by atomic mass is 35.5. The largest absolute Gasteiger partial charge is 0.313 e. The van der Waals surface area contributed by atoms with Gasteiger partial charge in [-0.1, -0.05) is 29.3 Å². The van der Waals surface area contributed by atoms with Crippen molar-refractivity contribution in [3.63, 3.8) is 0 Å². The molecule has 1 saturated heterocycles. The minimum atomic E-state index is -0.361. The summed E-state index contributed by atoms with van der Waals surface area (Å²) < 4.78 is 12.9. The van der Waals surface area contributed by atoms with E-state index in [1.807, 2.05) is 0 Å². The van der Waals surface area contributed by atoms with Crippen molar-refractivity contribution in [1.29, 1.82) is 0 Å². The van der Waals surface area contributed by atoms with Gasteiger partial charge >= 0.3 is 0 Å². The van der Waals surface area contributed by atoms with Crippen LogP contribution in [-0.2, 0) is 0 Å². The Labute approximate surface area is 93.9 Å². The highest BCUT2D eigenvalue weighted by Crippen LogP contribution is 2.19. The molecule has 1 aliphatic heterocycles. The normalized spacial score (nSPS) is 19.5. The fourth-order valence-corrected chi connectivity index (χ4v) is 1.93. The molecule has 1 aliphatic rings. The van der Waals surface area contributed by atoms with Gasteiger partial charge in [0.2, 0.25) is 0 Å². The lowest BCUT2D eigenvalue weighted by Crippen LogP contribution is -2.23. The fraction of sp³-hybridized carbons (Fsp3) is 0.333. The van der Waals surface area contributed by atoms with Crippen LogP contribution in [0.15, 0.2) is 23.8 Å². The first-order valence-electron chi connectivity index (χ1n) is 5.11. The summed E-state index contributed by atoms with van der Waals surface area (Å²) >= 11 is 5.71. The van der Waals surface area contributed by atoms with E-state index in [4.69, 9.17) is 11.6 Å². The predicted octanol–water partition coefficient (Wildman–Crippen LogP) is 3.25.